The molecule has 43 heavy (non-hydrogen) atoms. The molecule has 4 rings (SSSR count). The molecule has 0 spiro atoms. The lowest BCUT2D eigenvalue weighted by atomic mass is 10.0. The molecule has 0 N–H and O–H groups in total. The van der Waals surface area contributed by atoms with E-state index in [-0.39, 0.29) is 12.2 Å². The van der Waals surface area contributed by atoms with Crippen molar-refractivity contribution in [2.24, 2.45) is 0 Å². The number of ketones is 1. The van der Waals surface area contributed by atoms with Gasteiger partial charge in [0.15, 0.2) is 5.78 Å². The van der Waals surface area contributed by atoms with Crippen LogP contribution in [0.25, 0.3) is 17.2 Å². The maximum Gasteiger partial charge on any atom is 0.160 e. The van der Waals surface area contributed by atoms with Crippen LogP contribution in [-0.2, 0) is 39.0 Å². The molecule has 6 nitrogen and oxygen atoms in total. The minimum Gasteiger partial charge on any atom is -0.491 e. The van der Waals surface area contributed by atoms with Crippen molar-refractivity contribution in [3.63, 3.8) is 0 Å². The monoisotopic (exact) mass is 602 g/mol. The zero-order chi connectivity index (χ0) is 30.6. The van der Waals surface area contributed by atoms with Crippen LogP contribution >= 0.6 is 0 Å². The Morgan fingerprint density at radius 1 is 0.977 bits per heavy atom. The van der Waals surface area contributed by atoms with Crippen LogP contribution in [0.15, 0.2) is 84.0 Å². The van der Waals surface area contributed by atoms with Gasteiger partial charge in [0, 0.05) is 30.0 Å². The lowest BCUT2D eigenvalue weighted by Crippen LogP contribution is -2.07. The highest BCUT2D eigenvalue weighted by molar-refractivity contribution is 7.84. The van der Waals surface area contributed by atoms with Gasteiger partial charge in [-0.3, -0.25) is 9.00 Å². The van der Waals surface area contributed by atoms with E-state index in [1.807, 2.05) is 54.8 Å². The molecule has 1 aromatic heterocycles. The molecule has 0 saturated heterocycles. The Morgan fingerprint density at radius 2 is 1.72 bits per heavy atom. The number of aromatic nitrogens is 2. The highest BCUT2D eigenvalue weighted by Gasteiger charge is 2.13. The number of imidazole rings is 1. The molecule has 4 aromatic rings. The predicted octanol–water partition coefficient (Wildman–Crippen LogP) is 7.35. The van der Waals surface area contributed by atoms with Gasteiger partial charge < -0.3 is 14.0 Å². The molecule has 0 radical (unpaired) electrons. The lowest BCUT2D eigenvalue weighted by Gasteiger charge is -2.09. The number of unbranched alkanes of at least 4 members (excludes halogenated alkanes) is 1. The zero-order valence-corrected chi connectivity index (χ0v) is 25.9. The minimum absolute atomic E-state index is 0.152. The summed E-state index contributed by atoms with van der Waals surface area (Å²) in [5.74, 6) is 0.579. The van der Waals surface area contributed by atoms with Gasteiger partial charge >= 0.3 is 0 Å². The number of allylic oxidation sites excluding steroid dienone is 1. The number of halogens is 1. The van der Waals surface area contributed by atoms with Gasteiger partial charge in [0.25, 0.3) is 0 Å². The standard InChI is InChI=1S/C35H39FN2O4S/c1-4-6-19-41-20-21-42-32-14-10-28(11-15-32)29-12-18-34(36)30(23-29)9-13-31(39)22-27-7-16-33(17-8-27)43(40)24-35-26(3)37-25-38(35)5-2/h7-18,23,25H,4-6,19-22,24H2,1-3H3/b13-9+/t43-/m1/s1. The van der Waals surface area contributed by atoms with Crippen molar-refractivity contribution in [3.8, 4) is 16.9 Å². The summed E-state index contributed by atoms with van der Waals surface area (Å²) < 4.78 is 40.8. The number of nitrogens with zero attached hydrogens (tertiary/aromatic N) is 2. The van der Waals surface area contributed by atoms with Crippen LogP contribution in [0.1, 0.15) is 49.2 Å². The van der Waals surface area contributed by atoms with Gasteiger partial charge in [-0.25, -0.2) is 9.37 Å². The van der Waals surface area contributed by atoms with E-state index >= 15 is 0 Å². The molecular formula is C35H39FN2O4S. The first-order valence-corrected chi connectivity index (χ1v) is 16.0. The zero-order valence-electron chi connectivity index (χ0n) is 25.1. The van der Waals surface area contributed by atoms with E-state index < -0.39 is 16.6 Å². The molecule has 0 unspecified atom stereocenters. The molecule has 1 atom stereocenters. The Balaban J connectivity index is 1.32. The third-order valence-corrected chi connectivity index (χ3v) is 8.43. The third-order valence-electron chi connectivity index (χ3n) is 7.10. The quantitative estimate of drug-likeness (QED) is 0.0991. The van der Waals surface area contributed by atoms with Crippen LogP contribution in [0.4, 0.5) is 4.39 Å². The minimum atomic E-state index is -1.22. The molecule has 0 bridgehead atoms. The molecule has 0 aliphatic heterocycles. The summed E-state index contributed by atoms with van der Waals surface area (Å²) in [6.07, 6.45) is 7.00. The number of rotatable bonds is 16. The number of aryl methyl sites for hydroxylation is 2. The van der Waals surface area contributed by atoms with Crippen molar-refractivity contribution in [3.05, 3.63) is 107 Å². The van der Waals surface area contributed by atoms with Gasteiger partial charge in [-0.05, 0) is 85.5 Å². The Labute approximate surface area is 256 Å². The summed E-state index contributed by atoms with van der Waals surface area (Å²) in [5, 5.41) is 0. The summed E-state index contributed by atoms with van der Waals surface area (Å²) in [7, 11) is -1.22. The maximum atomic E-state index is 14.6. The highest BCUT2D eigenvalue weighted by atomic mass is 32.2. The topological polar surface area (TPSA) is 70.4 Å². The van der Waals surface area contributed by atoms with Crippen LogP contribution in [0.3, 0.4) is 0 Å². The van der Waals surface area contributed by atoms with Crippen molar-refractivity contribution in [2.75, 3.05) is 19.8 Å². The van der Waals surface area contributed by atoms with E-state index in [2.05, 4.69) is 11.9 Å². The van der Waals surface area contributed by atoms with Crippen LogP contribution in [0, 0.1) is 12.7 Å². The summed E-state index contributed by atoms with van der Waals surface area (Å²) >= 11 is 0. The van der Waals surface area contributed by atoms with Crippen LogP contribution in [-0.4, -0.2) is 39.4 Å². The van der Waals surface area contributed by atoms with Gasteiger partial charge in [-0.15, -0.1) is 0 Å². The smallest absolute Gasteiger partial charge is 0.160 e. The third kappa shape index (κ3) is 9.30. The largest absolute Gasteiger partial charge is 0.491 e. The van der Waals surface area contributed by atoms with Crippen LogP contribution < -0.4 is 4.74 Å². The first kappa shape index (κ1) is 32.0. The second kappa shape index (κ2) is 16.1. The molecule has 0 aliphatic rings. The van der Waals surface area contributed by atoms with Gasteiger partial charge in [0.05, 0.1) is 40.9 Å². The highest BCUT2D eigenvalue weighted by Crippen LogP contribution is 2.25. The average Bonchev–Trinajstić information content (AvgIpc) is 3.37. The molecule has 8 heteroatoms. The summed E-state index contributed by atoms with van der Waals surface area (Å²) in [5.41, 5.74) is 4.74. The van der Waals surface area contributed by atoms with Crippen molar-refractivity contribution in [1.82, 2.24) is 9.55 Å². The van der Waals surface area contributed by atoms with Crippen molar-refractivity contribution in [2.45, 2.75) is 57.2 Å². The molecule has 3 aromatic carbocycles. The Morgan fingerprint density at radius 3 is 2.44 bits per heavy atom. The van der Waals surface area contributed by atoms with Gasteiger partial charge in [-0.1, -0.05) is 43.7 Å². The van der Waals surface area contributed by atoms with E-state index in [1.165, 1.54) is 18.2 Å². The number of carbonyl (C=O) groups is 1. The summed E-state index contributed by atoms with van der Waals surface area (Å²) in [6, 6.07) is 19.7. The molecule has 1 heterocycles. The van der Waals surface area contributed by atoms with Gasteiger partial charge in [-0.2, -0.15) is 0 Å². The number of ether oxygens (including phenoxy) is 2. The van der Waals surface area contributed by atoms with Crippen molar-refractivity contribution >= 4 is 22.7 Å². The Kier molecular flexibility index (Phi) is 12.0. The maximum absolute atomic E-state index is 14.6. The normalized spacial score (nSPS) is 12.1. The molecule has 226 valence electrons. The summed E-state index contributed by atoms with van der Waals surface area (Å²) in [4.78, 5) is 17.7. The van der Waals surface area contributed by atoms with Crippen LogP contribution in [0.2, 0.25) is 0 Å². The fourth-order valence-electron chi connectivity index (χ4n) is 4.54. The van der Waals surface area contributed by atoms with Gasteiger partial charge in [0.1, 0.15) is 18.2 Å². The Bertz CT molecular complexity index is 1550. The molecule has 0 amide bonds. The van der Waals surface area contributed by atoms with Gasteiger partial charge in [0.2, 0.25) is 0 Å². The summed E-state index contributed by atoms with van der Waals surface area (Å²) in [6.45, 7) is 8.63. The number of hydrogen-bond donors (Lipinski definition) is 0. The first-order chi connectivity index (χ1) is 20.9. The van der Waals surface area contributed by atoms with Crippen LogP contribution in [0.5, 0.6) is 5.75 Å². The lowest BCUT2D eigenvalue weighted by molar-refractivity contribution is -0.113. The number of hydrogen-bond acceptors (Lipinski definition) is 5. The predicted molar refractivity (Wildman–Crippen MR) is 170 cm³/mol. The second-order valence-corrected chi connectivity index (χ2v) is 11.7. The number of benzene rings is 3. The van der Waals surface area contributed by atoms with E-state index in [9.17, 15) is 13.4 Å². The molecule has 0 saturated carbocycles. The van der Waals surface area contributed by atoms with E-state index in [4.69, 9.17) is 9.47 Å². The fraction of sp³-hybridized carbons (Fsp3) is 0.314. The number of carbonyl (C=O) groups excluding carboxylic acids is 1. The average molecular weight is 603 g/mol. The van der Waals surface area contributed by atoms with E-state index in [0.717, 1.165) is 59.8 Å². The molecule has 0 fully saturated rings. The van der Waals surface area contributed by atoms with Crippen molar-refractivity contribution in [1.29, 1.82) is 0 Å². The van der Waals surface area contributed by atoms with Crippen molar-refractivity contribution < 1.29 is 22.9 Å². The van der Waals surface area contributed by atoms with E-state index in [0.29, 0.717) is 29.4 Å². The first-order valence-electron chi connectivity index (χ1n) is 14.7. The molecular weight excluding hydrogens is 563 g/mol. The Hall–Kier alpha value is -3.88. The fourth-order valence-corrected chi connectivity index (χ4v) is 5.77. The molecule has 0 aliphatic carbocycles. The van der Waals surface area contributed by atoms with E-state index in [1.54, 1.807) is 30.6 Å². The second-order valence-electron chi connectivity index (χ2n) is 10.2. The SMILES string of the molecule is CCCCOCCOc1ccc(-c2ccc(F)c(/C=C/C(=O)Cc3ccc([S@](=O)Cc4c(C)ncn4CC)cc3)c2)cc1.